The van der Waals surface area contributed by atoms with Gasteiger partial charge in [-0.3, -0.25) is 4.79 Å². The van der Waals surface area contributed by atoms with Gasteiger partial charge >= 0.3 is 5.97 Å². The summed E-state index contributed by atoms with van der Waals surface area (Å²) in [6.45, 7) is 4.68. The fourth-order valence-corrected chi connectivity index (χ4v) is 1.88. The summed E-state index contributed by atoms with van der Waals surface area (Å²) in [5.41, 5.74) is -1.40. The number of aliphatic hydroxyl groups is 1. The number of methoxy groups -OCH3 is 1. The van der Waals surface area contributed by atoms with Crippen molar-refractivity contribution in [3.63, 3.8) is 0 Å². The Labute approximate surface area is 106 Å². The van der Waals surface area contributed by atoms with Crippen LogP contribution in [-0.2, 0) is 14.3 Å². The van der Waals surface area contributed by atoms with Crippen LogP contribution in [0.1, 0.15) is 19.3 Å². The van der Waals surface area contributed by atoms with Crippen LogP contribution in [0.4, 0.5) is 0 Å². The Morgan fingerprint density at radius 1 is 1.56 bits per heavy atom. The van der Waals surface area contributed by atoms with Crippen molar-refractivity contribution in [2.45, 2.75) is 30.9 Å². The molecule has 1 heterocycles. The van der Waals surface area contributed by atoms with E-state index in [1.165, 1.54) is 13.2 Å². The summed E-state index contributed by atoms with van der Waals surface area (Å²) >= 11 is 0. The normalized spacial score (nSPS) is 19.7. The SMILES string of the molecule is C=CC[C@H](NC(=O)C1(O)CCNCC1)C(=O)OC. The number of carbonyl (C=O) groups is 2. The average Bonchev–Trinajstić information content (AvgIpc) is 2.38. The van der Waals surface area contributed by atoms with Gasteiger partial charge < -0.3 is 20.5 Å². The van der Waals surface area contributed by atoms with E-state index in [0.717, 1.165) is 0 Å². The van der Waals surface area contributed by atoms with Gasteiger partial charge in [0.15, 0.2) is 0 Å². The first kappa shape index (κ1) is 14.7. The number of rotatable bonds is 5. The van der Waals surface area contributed by atoms with Gasteiger partial charge in [0.1, 0.15) is 11.6 Å². The zero-order valence-corrected chi connectivity index (χ0v) is 10.6. The first-order valence-electron chi connectivity index (χ1n) is 5.96. The molecule has 0 saturated carbocycles. The van der Waals surface area contributed by atoms with Crippen molar-refractivity contribution in [3.05, 3.63) is 12.7 Å². The fourth-order valence-electron chi connectivity index (χ4n) is 1.88. The molecule has 1 fully saturated rings. The van der Waals surface area contributed by atoms with E-state index >= 15 is 0 Å². The van der Waals surface area contributed by atoms with Crippen molar-refractivity contribution in [2.75, 3.05) is 20.2 Å². The molecule has 0 spiro atoms. The lowest BCUT2D eigenvalue weighted by Gasteiger charge is -2.32. The number of carbonyl (C=O) groups excluding carboxylic acids is 2. The Bertz CT molecular complexity index is 324. The van der Waals surface area contributed by atoms with Crippen LogP contribution in [0.15, 0.2) is 12.7 Å². The minimum absolute atomic E-state index is 0.271. The number of ether oxygens (including phenoxy) is 1. The second-order valence-electron chi connectivity index (χ2n) is 4.36. The van der Waals surface area contributed by atoms with Crippen LogP contribution >= 0.6 is 0 Å². The Morgan fingerprint density at radius 2 is 2.17 bits per heavy atom. The van der Waals surface area contributed by atoms with Gasteiger partial charge in [0.05, 0.1) is 7.11 Å². The molecular formula is C12H20N2O4. The maximum Gasteiger partial charge on any atom is 0.328 e. The molecule has 6 nitrogen and oxygen atoms in total. The van der Waals surface area contributed by atoms with Crippen LogP contribution in [0.3, 0.4) is 0 Å². The Balaban J connectivity index is 2.64. The summed E-state index contributed by atoms with van der Waals surface area (Å²) in [6.07, 6.45) is 2.46. The summed E-state index contributed by atoms with van der Waals surface area (Å²) in [6, 6.07) is -0.793. The van der Waals surface area contributed by atoms with E-state index in [1.807, 2.05) is 0 Å². The van der Waals surface area contributed by atoms with Crippen molar-refractivity contribution < 1.29 is 19.4 Å². The molecule has 0 aromatic rings. The van der Waals surface area contributed by atoms with Gasteiger partial charge in [-0.2, -0.15) is 0 Å². The fraction of sp³-hybridized carbons (Fsp3) is 0.667. The molecule has 0 unspecified atom stereocenters. The number of hydrogen-bond donors (Lipinski definition) is 3. The smallest absolute Gasteiger partial charge is 0.328 e. The second kappa shape index (κ2) is 6.51. The van der Waals surface area contributed by atoms with Gasteiger partial charge in [-0.15, -0.1) is 6.58 Å². The zero-order valence-electron chi connectivity index (χ0n) is 10.6. The molecule has 1 aliphatic heterocycles. The summed E-state index contributed by atoms with van der Waals surface area (Å²) in [5.74, 6) is -1.07. The van der Waals surface area contributed by atoms with Crippen molar-refractivity contribution in [1.82, 2.24) is 10.6 Å². The van der Waals surface area contributed by atoms with Gasteiger partial charge in [0.25, 0.3) is 5.91 Å². The highest BCUT2D eigenvalue weighted by molar-refractivity contribution is 5.89. The molecule has 0 bridgehead atoms. The number of esters is 1. The topological polar surface area (TPSA) is 87.7 Å². The summed E-state index contributed by atoms with van der Waals surface area (Å²) in [7, 11) is 1.25. The van der Waals surface area contributed by atoms with Crippen LogP contribution in [0.25, 0.3) is 0 Å². The standard InChI is InChI=1S/C12H20N2O4/c1-3-4-9(10(15)18-2)14-11(16)12(17)5-7-13-8-6-12/h3,9,13,17H,1,4-8H2,2H3,(H,14,16)/t9-/m0/s1. The average molecular weight is 256 g/mol. The Hall–Kier alpha value is -1.40. The van der Waals surface area contributed by atoms with Gasteiger partial charge in [0.2, 0.25) is 0 Å². The summed E-state index contributed by atoms with van der Waals surface area (Å²) < 4.78 is 4.59. The molecule has 0 aromatic heterocycles. The molecule has 1 atom stereocenters. The van der Waals surface area contributed by atoms with Gasteiger partial charge in [-0.1, -0.05) is 6.08 Å². The van der Waals surface area contributed by atoms with Crippen molar-refractivity contribution in [1.29, 1.82) is 0 Å². The zero-order chi connectivity index (χ0) is 13.6. The molecule has 0 aliphatic carbocycles. The number of amides is 1. The monoisotopic (exact) mass is 256 g/mol. The maximum atomic E-state index is 12.0. The molecule has 0 radical (unpaired) electrons. The van der Waals surface area contributed by atoms with Gasteiger partial charge in [-0.25, -0.2) is 4.79 Å². The highest BCUT2D eigenvalue weighted by Gasteiger charge is 2.38. The van der Waals surface area contributed by atoms with E-state index < -0.39 is 23.5 Å². The van der Waals surface area contributed by atoms with Crippen molar-refractivity contribution in [2.24, 2.45) is 0 Å². The molecule has 102 valence electrons. The lowest BCUT2D eigenvalue weighted by molar-refractivity contribution is -0.150. The van der Waals surface area contributed by atoms with E-state index in [2.05, 4.69) is 21.9 Å². The van der Waals surface area contributed by atoms with Crippen LogP contribution in [0.5, 0.6) is 0 Å². The molecule has 6 heteroatoms. The summed E-state index contributed by atoms with van der Waals surface area (Å²) in [4.78, 5) is 23.4. The molecule has 18 heavy (non-hydrogen) atoms. The predicted molar refractivity (Wildman–Crippen MR) is 65.8 cm³/mol. The maximum absolute atomic E-state index is 12.0. The van der Waals surface area contributed by atoms with Crippen molar-refractivity contribution in [3.8, 4) is 0 Å². The van der Waals surface area contributed by atoms with E-state index in [-0.39, 0.29) is 6.42 Å². The highest BCUT2D eigenvalue weighted by Crippen LogP contribution is 2.18. The minimum atomic E-state index is -1.40. The Morgan fingerprint density at radius 3 is 2.67 bits per heavy atom. The van der Waals surface area contributed by atoms with Crippen molar-refractivity contribution >= 4 is 11.9 Å². The molecule has 1 rings (SSSR count). The van der Waals surface area contributed by atoms with Gasteiger partial charge in [-0.05, 0) is 32.4 Å². The molecule has 1 aliphatic rings. The highest BCUT2D eigenvalue weighted by atomic mass is 16.5. The molecule has 0 aromatic carbocycles. The van der Waals surface area contributed by atoms with Crippen LogP contribution in [0.2, 0.25) is 0 Å². The van der Waals surface area contributed by atoms with E-state index in [1.54, 1.807) is 0 Å². The third-order valence-electron chi connectivity index (χ3n) is 3.05. The van der Waals surface area contributed by atoms with Crippen LogP contribution in [0, 0.1) is 0 Å². The lowest BCUT2D eigenvalue weighted by atomic mass is 9.91. The number of hydrogen-bond acceptors (Lipinski definition) is 5. The first-order chi connectivity index (χ1) is 8.53. The molecular weight excluding hydrogens is 236 g/mol. The largest absolute Gasteiger partial charge is 0.467 e. The quantitative estimate of drug-likeness (QED) is 0.449. The molecule has 1 saturated heterocycles. The first-order valence-corrected chi connectivity index (χ1v) is 5.96. The third-order valence-corrected chi connectivity index (χ3v) is 3.05. The van der Waals surface area contributed by atoms with Crippen LogP contribution < -0.4 is 10.6 Å². The van der Waals surface area contributed by atoms with Gasteiger partial charge in [0, 0.05) is 0 Å². The summed E-state index contributed by atoms with van der Waals surface area (Å²) in [5, 5.41) is 15.8. The molecule has 1 amide bonds. The van der Waals surface area contributed by atoms with E-state index in [0.29, 0.717) is 25.9 Å². The van der Waals surface area contributed by atoms with Crippen LogP contribution in [-0.4, -0.2) is 48.8 Å². The lowest BCUT2D eigenvalue weighted by Crippen LogP contribution is -2.56. The third kappa shape index (κ3) is 3.54. The van der Waals surface area contributed by atoms with E-state index in [9.17, 15) is 14.7 Å². The number of piperidine rings is 1. The number of nitrogens with one attached hydrogen (secondary N) is 2. The molecule has 3 N–H and O–H groups in total. The second-order valence-corrected chi connectivity index (χ2v) is 4.36. The predicted octanol–water partition coefficient (Wildman–Crippen LogP) is -0.665. The van der Waals surface area contributed by atoms with E-state index in [4.69, 9.17) is 0 Å². The Kier molecular flexibility index (Phi) is 5.30. The minimum Gasteiger partial charge on any atom is -0.467 e.